The maximum absolute atomic E-state index is 13.9. The van der Waals surface area contributed by atoms with Gasteiger partial charge in [-0.15, -0.1) is 4.59 Å². The van der Waals surface area contributed by atoms with Crippen LogP contribution < -0.4 is 14.8 Å². The number of nitrogens with zero attached hydrogens (tertiary/aromatic N) is 2. The van der Waals surface area contributed by atoms with Crippen molar-refractivity contribution in [2.24, 2.45) is 5.10 Å². The Morgan fingerprint density at radius 3 is 2.69 bits per heavy atom. The smallest absolute Gasteiger partial charge is 0.377 e. The molecule has 3 heterocycles. The predicted molar refractivity (Wildman–Crippen MR) is 125 cm³/mol. The highest BCUT2D eigenvalue weighted by Gasteiger charge is 2.55. The molecular formula is C25H27ClN3O3+. The Kier molecular flexibility index (Phi) is 5.12. The van der Waals surface area contributed by atoms with Crippen LogP contribution >= 0.6 is 11.6 Å². The van der Waals surface area contributed by atoms with Crippen LogP contribution in [0.5, 0.6) is 11.5 Å². The van der Waals surface area contributed by atoms with E-state index in [0.717, 1.165) is 48.5 Å². The van der Waals surface area contributed by atoms with Crippen molar-refractivity contribution < 1.29 is 18.9 Å². The maximum atomic E-state index is 13.9. The number of quaternary nitrogens is 1. The van der Waals surface area contributed by atoms with Gasteiger partial charge in [0.25, 0.3) is 0 Å². The van der Waals surface area contributed by atoms with Gasteiger partial charge in [0.2, 0.25) is 0 Å². The number of piperidine rings is 1. The summed E-state index contributed by atoms with van der Waals surface area (Å²) in [7, 11) is 1.84. The van der Waals surface area contributed by atoms with Gasteiger partial charge in [0, 0.05) is 12.8 Å². The molecule has 2 aromatic carbocycles. The van der Waals surface area contributed by atoms with Crippen LogP contribution in [0.25, 0.3) is 5.70 Å². The van der Waals surface area contributed by atoms with Crippen molar-refractivity contribution in [3.63, 3.8) is 0 Å². The molecule has 32 heavy (non-hydrogen) atoms. The van der Waals surface area contributed by atoms with E-state index in [2.05, 4.69) is 5.32 Å². The van der Waals surface area contributed by atoms with Gasteiger partial charge in [-0.2, -0.15) is 0 Å². The zero-order valence-electron chi connectivity index (χ0n) is 18.5. The summed E-state index contributed by atoms with van der Waals surface area (Å²) in [5.74, 6) is 1.22. The van der Waals surface area contributed by atoms with Crippen molar-refractivity contribution in [2.45, 2.75) is 38.4 Å². The molecule has 1 amide bonds. The highest BCUT2D eigenvalue weighted by Crippen LogP contribution is 2.50. The molecule has 1 atom stereocenters. The van der Waals surface area contributed by atoms with E-state index in [1.54, 1.807) is 18.2 Å². The molecule has 0 radical (unpaired) electrons. The van der Waals surface area contributed by atoms with E-state index in [-0.39, 0.29) is 16.6 Å². The van der Waals surface area contributed by atoms with E-state index in [0.29, 0.717) is 16.3 Å². The summed E-state index contributed by atoms with van der Waals surface area (Å²) in [6.07, 6.45) is 3.49. The third-order valence-electron chi connectivity index (χ3n) is 6.39. The number of benzene rings is 2. The second-order valence-electron chi connectivity index (χ2n) is 8.93. The lowest BCUT2D eigenvalue weighted by Gasteiger charge is -2.42. The molecule has 1 N–H and O–H groups in total. The molecule has 0 aliphatic carbocycles. The Morgan fingerprint density at radius 1 is 1.22 bits per heavy atom. The number of nitrogens with one attached hydrogen (secondary N) is 1. The number of para-hydroxylation sites is 1. The van der Waals surface area contributed by atoms with Gasteiger partial charge in [0.1, 0.15) is 24.1 Å². The van der Waals surface area contributed by atoms with E-state index < -0.39 is 5.60 Å². The first-order chi connectivity index (χ1) is 15.3. The summed E-state index contributed by atoms with van der Waals surface area (Å²) in [4.78, 5) is 13.9. The average molecular weight is 453 g/mol. The van der Waals surface area contributed by atoms with E-state index in [1.165, 1.54) is 0 Å². The molecule has 5 rings (SSSR count). The number of amides is 1. The van der Waals surface area contributed by atoms with Crippen LogP contribution in [0.2, 0.25) is 5.02 Å². The fourth-order valence-corrected chi connectivity index (χ4v) is 5.07. The van der Waals surface area contributed by atoms with Crippen molar-refractivity contribution in [1.82, 2.24) is 5.32 Å². The van der Waals surface area contributed by atoms with E-state index in [9.17, 15) is 4.79 Å². The fourth-order valence-electron chi connectivity index (χ4n) is 4.85. The predicted octanol–water partition coefficient (Wildman–Crippen LogP) is 4.64. The molecule has 3 aliphatic rings. The Morgan fingerprint density at radius 2 is 1.97 bits per heavy atom. The van der Waals surface area contributed by atoms with Crippen LogP contribution in [-0.4, -0.2) is 48.6 Å². The molecule has 6 nitrogen and oxygen atoms in total. The molecule has 1 fully saturated rings. The topological polar surface area (TPSA) is 59.9 Å². The fraction of sp³-hybridized carbons (Fsp3) is 0.360. The lowest BCUT2D eigenvalue weighted by Crippen LogP contribution is -2.51. The maximum Gasteiger partial charge on any atom is 0.377 e. The van der Waals surface area contributed by atoms with E-state index in [4.69, 9.17) is 26.2 Å². The van der Waals surface area contributed by atoms with Crippen molar-refractivity contribution >= 4 is 29.4 Å². The first-order valence-electron chi connectivity index (χ1n) is 11.0. The molecule has 7 heteroatoms. The molecule has 166 valence electrons. The molecule has 0 aromatic heterocycles. The van der Waals surface area contributed by atoms with E-state index >= 15 is 0 Å². The lowest BCUT2D eigenvalue weighted by atomic mass is 9.80. The first-order valence-corrected chi connectivity index (χ1v) is 11.4. The third kappa shape index (κ3) is 3.25. The quantitative estimate of drug-likeness (QED) is 0.689. The Labute approximate surface area is 193 Å². The Hall–Kier alpha value is -2.67. The van der Waals surface area contributed by atoms with Gasteiger partial charge in [0.05, 0.1) is 34.0 Å². The molecule has 3 aliphatic heterocycles. The van der Waals surface area contributed by atoms with E-state index in [1.807, 2.05) is 51.4 Å². The number of ether oxygens (including phenoxy) is 2. The largest absolute Gasteiger partial charge is 0.489 e. The number of hydrogen-bond donors (Lipinski definition) is 1. The summed E-state index contributed by atoms with van der Waals surface area (Å²) in [6.45, 7) is 5.59. The molecule has 0 bridgehead atoms. The number of carbonyl (C=O) groups excluding carboxylic acids is 1. The number of hydrogen-bond acceptors (Lipinski definition) is 5. The second-order valence-corrected chi connectivity index (χ2v) is 9.33. The van der Waals surface area contributed by atoms with Gasteiger partial charge < -0.3 is 14.8 Å². The van der Waals surface area contributed by atoms with Crippen LogP contribution in [0.3, 0.4) is 0 Å². The van der Waals surface area contributed by atoms with Crippen molar-refractivity contribution in [1.29, 1.82) is 0 Å². The number of halogens is 1. The molecule has 0 saturated carbocycles. The highest BCUT2D eigenvalue weighted by atomic mass is 35.5. The monoisotopic (exact) mass is 452 g/mol. The van der Waals surface area contributed by atoms with Crippen LogP contribution in [0.1, 0.15) is 42.6 Å². The van der Waals surface area contributed by atoms with Crippen LogP contribution in [0.15, 0.2) is 53.1 Å². The minimum atomic E-state index is -0.471. The first kappa shape index (κ1) is 21.2. The minimum absolute atomic E-state index is 0.00518. The molecule has 1 saturated heterocycles. The zero-order valence-corrected chi connectivity index (χ0v) is 19.3. The van der Waals surface area contributed by atoms with Gasteiger partial charge >= 0.3 is 5.91 Å². The van der Waals surface area contributed by atoms with Gasteiger partial charge in [-0.1, -0.05) is 28.8 Å². The zero-order chi connectivity index (χ0) is 22.5. The summed E-state index contributed by atoms with van der Waals surface area (Å²) in [5.41, 5.74) is 2.81. The van der Waals surface area contributed by atoms with Gasteiger partial charge in [0.15, 0.2) is 5.70 Å². The number of carbonyl (C=O) groups is 1. The molecular weight excluding hydrogens is 426 g/mol. The Bertz CT molecular complexity index is 1150. The van der Waals surface area contributed by atoms with Gasteiger partial charge in [-0.25, -0.2) is 4.79 Å². The summed E-state index contributed by atoms with van der Waals surface area (Å²) < 4.78 is 12.1. The Balaban J connectivity index is 1.60. The minimum Gasteiger partial charge on any atom is -0.489 e. The summed E-state index contributed by atoms with van der Waals surface area (Å²) >= 11 is 6.44. The molecule has 2 aromatic rings. The number of fused-ring (bicyclic) bond motifs is 3. The van der Waals surface area contributed by atoms with Crippen molar-refractivity contribution in [3.8, 4) is 11.5 Å². The third-order valence-corrected chi connectivity index (χ3v) is 6.69. The van der Waals surface area contributed by atoms with Crippen LogP contribution in [0, 0.1) is 0 Å². The van der Waals surface area contributed by atoms with Crippen LogP contribution in [-0.2, 0) is 0 Å². The molecule has 1 unspecified atom stereocenters. The highest BCUT2D eigenvalue weighted by molar-refractivity contribution is 6.32. The number of rotatable bonds is 3. The van der Waals surface area contributed by atoms with Gasteiger partial charge in [-0.05, 0) is 57.3 Å². The lowest BCUT2D eigenvalue weighted by molar-refractivity contribution is -0.758. The molecule has 1 spiro atoms. The summed E-state index contributed by atoms with van der Waals surface area (Å²) in [5, 5.41) is 8.57. The second kappa shape index (κ2) is 7.73. The van der Waals surface area contributed by atoms with Crippen molar-refractivity contribution in [3.05, 3.63) is 64.2 Å². The summed E-state index contributed by atoms with van der Waals surface area (Å²) in [6, 6.07) is 13.1. The SMILES string of the molecule is CC(C)Oc1ccc(C(=O)[N+]2(C)N=CC3=C2c2ccccc2OC32CCNCC2)cc1Cl. The van der Waals surface area contributed by atoms with Crippen LogP contribution in [0.4, 0.5) is 0 Å². The standard InChI is InChI=1S/C25H27ClN3O3/c1-16(2)31-22-9-8-17(14-20(22)26)24(30)29(3)23-18-6-4-5-7-21(18)32-25(19(23)15-28-29)10-12-27-13-11-25/h4-9,14-16,27H,10-13H2,1-3H3/q+1. The average Bonchev–Trinajstić information content (AvgIpc) is 3.15. The van der Waals surface area contributed by atoms with Crippen molar-refractivity contribution in [2.75, 3.05) is 20.1 Å². The normalized spacial score (nSPS) is 23.2. The van der Waals surface area contributed by atoms with Gasteiger partial charge in [-0.3, -0.25) is 0 Å².